The molecule has 1 aromatic rings. The van der Waals surface area contributed by atoms with Crippen molar-refractivity contribution in [2.75, 3.05) is 20.3 Å². The van der Waals surface area contributed by atoms with Gasteiger partial charge in [0.25, 0.3) is 0 Å². The number of ether oxygens (including phenoxy) is 2. The number of methoxy groups -OCH3 is 1. The first-order chi connectivity index (χ1) is 8.40. The SMILES string of the molecule is COc1ccc(C(C)(C)C)cc1C(=O)OCCO. The van der Waals surface area contributed by atoms with Gasteiger partial charge in [0.2, 0.25) is 0 Å². The van der Waals surface area contributed by atoms with E-state index in [-0.39, 0.29) is 18.6 Å². The summed E-state index contributed by atoms with van der Waals surface area (Å²) >= 11 is 0. The largest absolute Gasteiger partial charge is 0.496 e. The molecule has 0 aliphatic heterocycles. The fraction of sp³-hybridized carbons (Fsp3) is 0.500. The van der Waals surface area contributed by atoms with Gasteiger partial charge in [0, 0.05) is 0 Å². The zero-order chi connectivity index (χ0) is 13.8. The highest BCUT2D eigenvalue weighted by atomic mass is 16.5. The molecule has 0 aliphatic carbocycles. The van der Waals surface area contributed by atoms with Crippen molar-refractivity contribution in [2.24, 2.45) is 0 Å². The van der Waals surface area contributed by atoms with Gasteiger partial charge in [-0.3, -0.25) is 0 Å². The minimum Gasteiger partial charge on any atom is -0.496 e. The van der Waals surface area contributed by atoms with E-state index in [1.54, 1.807) is 12.1 Å². The Balaban J connectivity index is 3.10. The molecular weight excluding hydrogens is 232 g/mol. The van der Waals surface area contributed by atoms with E-state index in [0.29, 0.717) is 11.3 Å². The van der Waals surface area contributed by atoms with Crippen molar-refractivity contribution in [1.29, 1.82) is 0 Å². The van der Waals surface area contributed by atoms with E-state index in [4.69, 9.17) is 14.6 Å². The van der Waals surface area contributed by atoms with Gasteiger partial charge in [-0.15, -0.1) is 0 Å². The number of benzene rings is 1. The van der Waals surface area contributed by atoms with Crippen LogP contribution in [0.5, 0.6) is 5.75 Å². The molecule has 0 bridgehead atoms. The topological polar surface area (TPSA) is 55.8 Å². The summed E-state index contributed by atoms with van der Waals surface area (Å²) in [4.78, 5) is 11.8. The van der Waals surface area contributed by atoms with Crippen molar-refractivity contribution in [3.63, 3.8) is 0 Å². The third kappa shape index (κ3) is 3.47. The molecule has 1 aromatic carbocycles. The monoisotopic (exact) mass is 252 g/mol. The Bertz CT molecular complexity index is 418. The molecule has 1 rings (SSSR count). The van der Waals surface area contributed by atoms with Crippen LogP contribution in [0.25, 0.3) is 0 Å². The molecule has 0 aromatic heterocycles. The first-order valence-corrected chi connectivity index (χ1v) is 5.86. The molecule has 0 heterocycles. The van der Waals surface area contributed by atoms with Crippen LogP contribution in [0.15, 0.2) is 18.2 Å². The second-order valence-corrected chi connectivity index (χ2v) is 5.02. The highest BCUT2D eigenvalue weighted by Crippen LogP contribution is 2.28. The number of carbonyl (C=O) groups excluding carboxylic acids is 1. The Morgan fingerprint density at radius 3 is 2.50 bits per heavy atom. The summed E-state index contributed by atoms with van der Waals surface area (Å²) < 4.78 is 10.1. The predicted octanol–water partition coefficient (Wildman–Crippen LogP) is 2.14. The van der Waals surface area contributed by atoms with E-state index in [9.17, 15) is 4.79 Å². The lowest BCUT2D eigenvalue weighted by Crippen LogP contribution is -2.15. The summed E-state index contributed by atoms with van der Waals surface area (Å²) in [5, 5.41) is 8.66. The highest BCUT2D eigenvalue weighted by molar-refractivity contribution is 5.92. The molecule has 0 atom stereocenters. The standard InChI is InChI=1S/C14H20O4/c1-14(2,3)10-5-6-12(17-4)11(9-10)13(16)18-8-7-15/h5-6,9,15H,7-8H2,1-4H3. The molecule has 0 saturated heterocycles. The Labute approximate surface area is 108 Å². The molecule has 0 amide bonds. The van der Waals surface area contributed by atoms with Crippen LogP contribution < -0.4 is 4.74 Å². The maximum atomic E-state index is 11.8. The van der Waals surface area contributed by atoms with E-state index >= 15 is 0 Å². The number of aliphatic hydroxyl groups is 1. The van der Waals surface area contributed by atoms with Crippen molar-refractivity contribution >= 4 is 5.97 Å². The van der Waals surface area contributed by atoms with Gasteiger partial charge in [-0.2, -0.15) is 0 Å². The van der Waals surface area contributed by atoms with E-state index in [0.717, 1.165) is 5.56 Å². The summed E-state index contributed by atoms with van der Waals surface area (Å²) in [6.07, 6.45) is 0. The maximum absolute atomic E-state index is 11.8. The number of esters is 1. The van der Waals surface area contributed by atoms with Crippen LogP contribution in [0.2, 0.25) is 0 Å². The minimum atomic E-state index is -0.480. The van der Waals surface area contributed by atoms with Crippen LogP contribution >= 0.6 is 0 Å². The Kier molecular flexibility index (Phi) is 4.73. The fourth-order valence-corrected chi connectivity index (χ4v) is 1.55. The maximum Gasteiger partial charge on any atom is 0.342 e. The molecule has 0 radical (unpaired) electrons. The number of aliphatic hydroxyl groups excluding tert-OH is 1. The second kappa shape index (κ2) is 5.87. The zero-order valence-electron chi connectivity index (χ0n) is 11.3. The summed E-state index contributed by atoms with van der Waals surface area (Å²) in [5.41, 5.74) is 1.36. The third-order valence-electron chi connectivity index (χ3n) is 2.61. The first-order valence-electron chi connectivity index (χ1n) is 5.86. The van der Waals surface area contributed by atoms with Crippen molar-refractivity contribution in [3.8, 4) is 5.75 Å². The van der Waals surface area contributed by atoms with Gasteiger partial charge in [0.05, 0.1) is 13.7 Å². The summed E-state index contributed by atoms with van der Waals surface area (Å²) in [6.45, 7) is 6.00. The van der Waals surface area contributed by atoms with E-state index in [2.05, 4.69) is 20.8 Å². The lowest BCUT2D eigenvalue weighted by Gasteiger charge is -2.20. The van der Waals surface area contributed by atoms with Gasteiger partial charge >= 0.3 is 5.97 Å². The van der Waals surface area contributed by atoms with Gasteiger partial charge in [-0.1, -0.05) is 26.8 Å². The molecule has 0 spiro atoms. The highest BCUT2D eigenvalue weighted by Gasteiger charge is 2.19. The Morgan fingerprint density at radius 2 is 2.00 bits per heavy atom. The van der Waals surface area contributed by atoms with Crippen LogP contribution in [0.4, 0.5) is 0 Å². The Hall–Kier alpha value is -1.55. The van der Waals surface area contributed by atoms with Crippen LogP contribution in [0.3, 0.4) is 0 Å². The molecule has 1 N–H and O–H groups in total. The lowest BCUT2D eigenvalue weighted by atomic mass is 9.86. The van der Waals surface area contributed by atoms with Gasteiger partial charge in [0.1, 0.15) is 17.9 Å². The van der Waals surface area contributed by atoms with Crippen molar-refractivity contribution in [1.82, 2.24) is 0 Å². The van der Waals surface area contributed by atoms with Gasteiger partial charge < -0.3 is 14.6 Å². The van der Waals surface area contributed by atoms with Crippen LogP contribution in [-0.2, 0) is 10.2 Å². The normalized spacial score (nSPS) is 11.2. The number of carbonyl (C=O) groups is 1. The molecule has 0 saturated carbocycles. The summed E-state index contributed by atoms with van der Waals surface area (Å²) in [6, 6.07) is 5.47. The quantitative estimate of drug-likeness (QED) is 0.834. The first kappa shape index (κ1) is 14.5. The van der Waals surface area contributed by atoms with E-state index in [1.807, 2.05) is 6.07 Å². The van der Waals surface area contributed by atoms with Crippen LogP contribution in [0, 0.1) is 0 Å². The van der Waals surface area contributed by atoms with Gasteiger partial charge in [0.15, 0.2) is 0 Å². The summed E-state index contributed by atoms with van der Waals surface area (Å²) in [5.74, 6) is -0.00191. The lowest BCUT2D eigenvalue weighted by molar-refractivity contribution is 0.0430. The van der Waals surface area contributed by atoms with Crippen molar-refractivity contribution in [2.45, 2.75) is 26.2 Å². The number of hydrogen-bond acceptors (Lipinski definition) is 4. The van der Waals surface area contributed by atoms with E-state index < -0.39 is 5.97 Å². The third-order valence-corrected chi connectivity index (χ3v) is 2.61. The molecule has 100 valence electrons. The molecule has 0 fully saturated rings. The smallest absolute Gasteiger partial charge is 0.342 e. The average Bonchev–Trinajstić information content (AvgIpc) is 2.34. The average molecular weight is 252 g/mol. The van der Waals surface area contributed by atoms with Crippen molar-refractivity contribution < 1.29 is 19.4 Å². The molecule has 0 unspecified atom stereocenters. The predicted molar refractivity (Wildman–Crippen MR) is 69.1 cm³/mol. The molecular formula is C14H20O4. The minimum absolute atomic E-state index is 0.0122. The number of hydrogen-bond donors (Lipinski definition) is 1. The Morgan fingerprint density at radius 1 is 1.33 bits per heavy atom. The van der Waals surface area contributed by atoms with E-state index in [1.165, 1.54) is 7.11 Å². The summed E-state index contributed by atoms with van der Waals surface area (Å²) in [7, 11) is 1.51. The van der Waals surface area contributed by atoms with Gasteiger partial charge in [-0.25, -0.2) is 4.79 Å². The molecule has 18 heavy (non-hydrogen) atoms. The van der Waals surface area contributed by atoms with Crippen LogP contribution in [0.1, 0.15) is 36.7 Å². The molecule has 4 heteroatoms. The van der Waals surface area contributed by atoms with Gasteiger partial charge in [-0.05, 0) is 23.1 Å². The number of rotatable bonds is 4. The molecule has 0 aliphatic rings. The van der Waals surface area contributed by atoms with Crippen LogP contribution in [-0.4, -0.2) is 31.4 Å². The fourth-order valence-electron chi connectivity index (χ4n) is 1.55. The second-order valence-electron chi connectivity index (χ2n) is 5.02. The zero-order valence-corrected chi connectivity index (χ0v) is 11.3. The van der Waals surface area contributed by atoms with Crippen molar-refractivity contribution in [3.05, 3.63) is 29.3 Å². The molecule has 4 nitrogen and oxygen atoms in total.